The molecule has 26 heavy (non-hydrogen) atoms. The second kappa shape index (κ2) is 7.45. The van der Waals surface area contributed by atoms with Crippen LogP contribution in [0, 0.1) is 12.3 Å². The van der Waals surface area contributed by atoms with Crippen molar-refractivity contribution in [1.29, 1.82) is 0 Å². The number of amides is 2. The molecule has 0 bridgehead atoms. The maximum atomic E-state index is 12.7. The highest BCUT2D eigenvalue weighted by atomic mass is 19.4. The minimum absolute atomic E-state index is 0.0321. The molecule has 6 nitrogen and oxygen atoms in total. The van der Waals surface area contributed by atoms with Gasteiger partial charge in [0.2, 0.25) is 11.8 Å². The van der Waals surface area contributed by atoms with Crippen LogP contribution in [0.25, 0.3) is 0 Å². The molecule has 1 spiro atoms. The predicted molar refractivity (Wildman–Crippen MR) is 86.5 cm³/mol. The van der Waals surface area contributed by atoms with Crippen molar-refractivity contribution in [2.75, 3.05) is 18.0 Å². The van der Waals surface area contributed by atoms with Gasteiger partial charge in [0.15, 0.2) is 0 Å². The number of alkyl halides is 3. The van der Waals surface area contributed by atoms with Crippen LogP contribution in [-0.2, 0) is 14.4 Å². The number of hydrogen-bond donors (Lipinski definition) is 2. The van der Waals surface area contributed by atoms with Gasteiger partial charge in [-0.3, -0.25) is 14.5 Å². The van der Waals surface area contributed by atoms with Crippen LogP contribution in [0.1, 0.15) is 24.8 Å². The Labute approximate surface area is 148 Å². The Bertz CT molecular complexity index is 712. The van der Waals surface area contributed by atoms with Gasteiger partial charge in [0.25, 0.3) is 0 Å². The fourth-order valence-corrected chi connectivity index (χ4v) is 3.12. The van der Waals surface area contributed by atoms with Crippen LogP contribution in [0.15, 0.2) is 24.3 Å². The fourth-order valence-electron chi connectivity index (χ4n) is 3.12. The molecule has 2 heterocycles. The summed E-state index contributed by atoms with van der Waals surface area (Å²) in [7, 11) is 0. The molecular weight excluding hydrogens is 353 g/mol. The lowest BCUT2D eigenvalue weighted by molar-refractivity contribution is -0.192. The van der Waals surface area contributed by atoms with Gasteiger partial charge >= 0.3 is 12.1 Å². The Balaban J connectivity index is 0.000000298. The normalized spacial score (nSPS) is 23.0. The average Bonchev–Trinajstić information content (AvgIpc) is 2.78. The number of carboxylic acids is 1. The van der Waals surface area contributed by atoms with Gasteiger partial charge in [-0.1, -0.05) is 12.1 Å². The third-order valence-electron chi connectivity index (χ3n) is 4.37. The maximum Gasteiger partial charge on any atom is 0.490 e. The quantitative estimate of drug-likeness (QED) is 0.739. The van der Waals surface area contributed by atoms with E-state index in [1.807, 2.05) is 31.2 Å². The Hall–Kier alpha value is -2.42. The van der Waals surface area contributed by atoms with E-state index >= 15 is 0 Å². The van der Waals surface area contributed by atoms with E-state index in [0.717, 1.165) is 24.9 Å². The highest BCUT2D eigenvalue weighted by Crippen LogP contribution is 2.40. The van der Waals surface area contributed by atoms with Crippen molar-refractivity contribution in [1.82, 2.24) is 5.32 Å². The van der Waals surface area contributed by atoms with Gasteiger partial charge in [0, 0.05) is 13.0 Å². The van der Waals surface area contributed by atoms with Crippen LogP contribution in [-0.4, -0.2) is 42.2 Å². The van der Waals surface area contributed by atoms with E-state index in [9.17, 15) is 22.8 Å². The molecule has 0 aromatic heterocycles. The number of nitrogens with one attached hydrogen (secondary N) is 1. The number of aliphatic carboxylic acids is 1. The van der Waals surface area contributed by atoms with Gasteiger partial charge in [-0.25, -0.2) is 4.79 Å². The minimum atomic E-state index is -5.08. The Kier molecular flexibility index (Phi) is 5.70. The molecule has 1 unspecified atom stereocenters. The summed E-state index contributed by atoms with van der Waals surface area (Å²) < 4.78 is 31.7. The molecule has 2 amide bonds. The second-order valence-corrected chi connectivity index (χ2v) is 6.41. The molecule has 2 saturated heterocycles. The summed E-state index contributed by atoms with van der Waals surface area (Å²) in [6, 6.07) is 7.57. The molecule has 2 aliphatic rings. The smallest absolute Gasteiger partial charge is 0.475 e. The first-order valence-electron chi connectivity index (χ1n) is 8.02. The highest BCUT2D eigenvalue weighted by molar-refractivity contribution is 6.22. The summed E-state index contributed by atoms with van der Waals surface area (Å²) in [5, 5.41) is 10.4. The lowest BCUT2D eigenvalue weighted by atomic mass is 9.79. The number of carbonyl (C=O) groups is 3. The van der Waals surface area contributed by atoms with E-state index in [1.165, 1.54) is 4.90 Å². The summed E-state index contributed by atoms with van der Waals surface area (Å²) in [5.74, 6) is -2.86. The van der Waals surface area contributed by atoms with Crippen molar-refractivity contribution >= 4 is 23.5 Å². The average molecular weight is 372 g/mol. The van der Waals surface area contributed by atoms with Crippen molar-refractivity contribution < 1.29 is 32.7 Å². The summed E-state index contributed by atoms with van der Waals surface area (Å²) in [4.78, 5) is 35.2. The van der Waals surface area contributed by atoms with Crippen LogP contribution in [0.2, 0.25) is 0 Å². The lowest BCUT2D eigenvalue weighted by Crippen LogP contribution is -2.45. The second-order valence-electron chi connectivity index (χ2n) is 6.41. The third kappa shape index (κ3) is 4.21. The first kappa shape index (κ1) is 19.9. The highest BCUT2D eigenvalue weighted by Gasteiger charge is 2.52. The molecule has 1 aromatic carbocycles. The van der Waals surface area contributed by atoms with Crippen molar-refractivity contribution in [3.8, 4) is 0 Å². The van der Waals surface area contributed by atoms with E-state index in [-0.39, 0.29) is 11.8 Å². The minimum Gasteiger partial charge on any atom is -0.475 e. The molecule has 2 N–H and O–H groups in total. The van der Waals surface area contributed by atoms with E-state index in [0.29, 0.717) is 18.7 Å². The zero-order valence-electron chi connectivity index (χ0n) is 14.1. The van der Waals surface area contributed by atoms with Crippen LogP contribution in [0.3, 0.4) is 0 Å². The number of carbonyl (C=O) groups excluding carboxylic acids is 2. The SMILES string of the molecule is Cc1cccc(N2C(=O)CC3(CCCNC3)C2=O)c1.O=C(O)C(F)(F)F. The zero-order chi connectivity index (χ0) is 19.5. The van der Waals surface area contributed by atoms with Crippen LogP contribution in [0.5, 0.6) is 0 Å². The molecule has 2 aliphatic heterocycles. The number of rotatable bonds is 1. The fraction of sp³-hybridized carbons (Fsp3) is 0.471. The van der Waals surface area contributed by atoms with Crippen molar-refractivity contribution in [3.63, 3.8) is 0 Å². The van der Waals surface area contributed by atoms with Gasteiger partial charge in [-0.05, 0) is 44.0 Å². The number of aryl methyl sites for hydroxylation is 1. The summed E-state index contributed by atoms with van der Waals surface area (Å²) in [5.41, 5.74) is 1.26. The molecule has 0 radical (unpaired) electrons. The Morgan fingerprint density at radius 2 is 1.96 bits per heavy atom. The lowest BCUT2D eigenvalue weighted by Gasteiger charge is -2.31. The maximum absolute atomic E-state index is 12.7. The van der Waals surface area contributed by atoms with E-state index in [4.69, 9.17) is 9.90 Å². The number of carboxylic acid groups (broad SMARTS) is 1. The summed E-state index contributed by atoms with van der Waals surface area (Å²) in [6.07, 6.45) is -2.97. The van der Waals surface area contributed by atoms with Crippen LogP contribution in [0.4, 0.5) is 18.9 Å². The number of piperidine rings is 1. The number of benzene rings is 1. The van der Waals surface area contributed by atoms with Gasteiger partial charge in [0.05, 0.1) is 11.1 Å². The third-order valence-corrected chi connectivity index (χ3v) is 4.37. The number of halogens is 3. The van der Waals surface area contributed by atoms with Gasteiger partial charge in [0.1, 0.15) is 0 Å². The zero-order valence-corrected chi connectivity index (χ0v) is 14.1. The molecule has 2 fully saturated rings. The van der Waals surface area contributed by atoms with Crippen molar-refractivity contribution in [2.45, 2.75) is 32.4 Å². The van der Waals surface area contributed by atoms with E-state index < -0.39 is 17.6 Å². The first-order chi connectivity index (χ1) is 12.1. The number of anilines is 1. The number of imide groups is 1. The molecule has 142 valence electrons. The first-order valence-corrected chi connectivity index (χ1v) is 8.02. The standard InChI is InChI=1S/C15H18N2O2.C2HF3O2/c1-11-4-2-5-12(8-11)17-13(18)9-15(14(17)19)6-3-7-16-10-15;3-2(4,5)1(6)7/h2,4-5,8,16H,3,6-7,9-10H2,1H3;(H,6,7). The topological polar surface area (TPSA) is 86.7 Å². The molecule has 1 aromatic rings. The van der Waals surface area contributed by atoms with E-state index in [1.54, 1.807) is 0 Å². The monoisotopic (exact) mass is 372 g/mol. The molecule has 1 atom stereocenters. The molecule has 3 rings (SSSR count). The van der Waals surface area contributed by atoms with Gasteiger partial charge < -0.3 is 10.4 Å². The molecule has 9 heteroatoms. The summed E-state index contributed by atoms with van der Waals surface area (Å²) in [6.45, 7) is 3.53. The van der Waals surface area contributed by atoms with Gasteiger partial charge in [-0.2, -0.15) is 13.2 Å². The van der Waals surface area contributed by atoms with Crippen LogP contribution < -0.4 is 10.2 Å². The molecule has 0 saturated carbocycles. The van der Waals surface area contributed by atoms with Gasteiger partial charge in [-0.15, -0.1) is 0 Å². The van der Waals surface area contributed by atoms with Crippen molar-refractivity contribution in [2.24, 2.45) is 5.41 Å². The van der Waals surface area contributed by atoms with Crippen LogP contribution >= 0.6 is 0 Å². The number of nitrogens with zero attached hydrogens (tertiary/aromatic N) is 1. The molecule has 0 aliphatic carbocycles. The summed E-state index contributed by atoms with van der Waals surface area (Å²) >= 11 is 0. The predicted octanol–water partition coefficient (Wildman–Crippen LogP) is 2.26. The molecular formula is C17H19F3N2O4. The van der Waals surface area contributed by atoms with E-state index in [2.05, 4.69) is 5.32 Å². The largest absolute Gasteiger partial charge is 0.490 e. The number of hydrogen-bond acceptors (Lipinski definition) is 4. The van der Waals surface area contributed by atoms with Crippen molar-refractivity contribution in [3.05, 3.63) is 29.8 Å². The Morgan fingerprint density at radius 3 is 2.46 bits per heavy atom. The Morgan fingerprint density at radius 1 is 1.31 bits per heavy atom.